The molecular formula is C35H39N3O4. The first-order valence-corrected chi connectivity index (χ1v) is 14.5. The summed E-state index contributed by atoms with van der Waals surface area (Å²) in [5.41, 5.74) is 5.62. The number of aliphatic hydroxyl groups excluding tert-OH is 1. The van der Waals surface area contributed by atoms with Crippen LogP contribution >= 0.6 is 0 Å². The second-order valence-electron chi connectivity index (χ2n) is 11.0. The number of pyridine rings is 1. The summed E-state index contributed by atoms with van der Waals surface area (Å²) >= 11 is 0. The van der Waals surface area contributed by atoms with Crippen molar-refractivity contribution >= 4 is 5.91 Å². The number of carbonyl (C=O) groups is 1. The maximum atomic E-state index is 12.4. The number of rotatable bonds is 10. The van der Waals surface area contributed by atoms with E-state index in [0.29, 0.717) is 12.1 Å². The van der Waals surface area contributed by atoms with Crippen molar-refractivity contribution in [3.8, 4) is 0 Å². The molecule has 7 heteroatoms. The van der Waals surface area contributed by atoms with Gasteiger partial charge in [0, 0.05) is 43.0 Å². The van der Waals surface area contributed by atoms with E-state index in [1.54, 1.807) is 24.5 Å². The summed E-state index contributed by atoms with van der Waals surface area (Å²) in [6.45, 7) is 5.55. The number of likely N-dealkylation sites (N-methyl/N-ethyl adjacent to an activating group) is 1. The third-order valence-electron chi connectivity index (χ3n) is 8.16. The predicted octanol–water partition coefficient (Wildman–Crippen LogP) is 5.99. The van der Waals surface area contributed by atoms with Crippen LogP contribution in [0.15, 0.2) is 103 Å². The van der Waals surface area contributed by atoms with Gasteiger partial charge >= 0.3 is 0 Å². The molecule has 1 aromatic heterocycles. The van der Waals surface area contributed by atoms with E-state index in [9.17, 15) is 9.90 Å². The highest BCUT2D eigenvalue weighted by Gasteiger charge is 2.39. The van der Waals surface area contributed by atoms with Crippen LogP contribution in [0.4, 0.5) is 0 Å². The van der Waals surface area contributed by atoms with Gasteiger partial charge in [-0.15, -0.1) is 0 Å². The van der Waals surface area contributed by atoms with Gasteiger partial charge in [0.2, 0.25) is 0 Å². The van der Waals surface area contributed by atoms with Crippen molar-refractivity contribution < 1.29 is 19.4 Å². The molecule has 2 heterocycles. The molecule has 2 N–H and O–H groups in total. The highest BCUT2D eigenvalue weighted by atomic mass is 16.7. The van der Waals surface area contributed by atoms with Crippen LogP contribution in [0.5, 0.6) is 0 Å². The number of nitrogens with zero attached hydrogens (tertiary/aromatic N) is 2. The predicted molar refractivity (Wildman–Crippen MR) is 162 cm³/mol. The zero-order valence-corrected chi connectivity index (χ0v) is 24.4. The van der Waals surface area contributed by atoms with Gasteiger partial charge in [0.25, 0.3) is 5.91 Å². The van der Waals surface area contributed by atoms with Gasteiger partial charge in [0.05, 0.1) is 24.4 Å². The van der Waals surface area contributed by atoms with Crippen molar-refractivity contribution in [3.05, 3.63) is 137 Å². The minimum absolute atomic E-state index is 0.00687. The zero-order chi connectivity index (χ0) is 29.5. The van der Waals surface area contributed by atoms with Crippen molar-refractivity contribution in [2.45, 2.75) is 51.5 Å². The molecule has 42 heavy (non-hydrogen) atoms. The van der Waals surface area contributed by atoms with Crippen LogP contribution in [0.1, 0.15) is 70.5 Å². The lowest BCUT2D eigenvalue weighted by Crippen LogP contribution is -2.44. The van der Waals surface area contributed by atoms with Crippen molar-refractivity contribution in [1.29, 1.82) is 0 Å². The summed E-state index contributed by atoms with van der Waals surface area (Å²) in [6.07, 6.45) is 2.39. The fourth-order valence-corrected chi connectivity index (χ4v) is 5.33. The first-order chi connectivity index (χ1) is 20.4. The number of hydrogen-bond acceptors (Lipinski definition) is 6. The van der Waals surface area contributed by atoms with Crippen LogP contribution in [-0.2, 0) is 22.6 Å². The van der Waals surface area contributed by atoms with Crippen molar-refractivity contribution in [2.24, 2.45) is 5.92 Å². The van der Waals surface area contributed by atoms with Gasteiger partial charge in [-0.3, -0.25) is 14.7 Å². The van der Waals surface area contributed by atoms with E-state index in [4.69, 9.17) is 9.47 Å². The summed E-state index contributed by atoms with van der Waals surface area (Å²) < 4.78 is 13.3. The number of aromatic nitrogens is 1. The van der Waals surface area contributed by atoms with E-state index in [1.165, 1.54) is 5.56 Å². The summed E-state index contributed by atoms with van der Waals surface area (Å²) in [5.74, 6) is -0.0690. The number of aliphatic hydroxyl groups is 1. The first-order valence-electron chi connectivity index (χ1n) is 14.5. The lowest BCUT2D eigenvalue weighted by molar-refractivity contribution is -0.276. The molecule has 1 aliphatic rings. The van der Waals surface area contributed by atoms with Gasteiger partial charge in [-0.05, 0) is 48.4 Å². The molecule has 1 aliphatic heterocycles. The highest BCUT2D eigenvalue weighted by molar-refractivity contribution is 5.93. The molecule has 7 nitrogen and oxygen atoms in total. The van der Waals surface area contributed by atoms with Gasteiger partial charge in [-0.1, -0.05) is 85.8 Å². The number of carbonyl (C=O) groups excluding carboxylic acids is 1. The van der Waals surface area contributed by atoms with Crippen LogP contribution in [0.3, 0.4) is 0 Å². The fourth-order valence-electron chi connectivity index (χ4n) is 5.33. The van der Waals surface area contributed by atoms with Crippen LogP contribution in [0.2, 0.25) is 0 Å². The van der Waals surface area contributed by atoms with Crippen LogP contribution in [0, 0.1) is 5.92 Å². The molecule has 218 valence electrons. The Kier molecular flexibility index (Phi) is 9.77. The van der Waals surface area contributed by atoms with E-state index >= 15 is 0 Å². The summed E-state index contributed by atoms with van der Waals surface area (Å²) in [4.78, 5) is 18.8. The Bertz CT molecular complexity index is 1410. The van der Waals surface area contributed by atoms with Crippen molar-refractivity contribution in [1.82, 2.24) is 15.2 Å². The van der Waals surface area contributed by atoms with Gasteiger partial charge in [0.15, 0.2) is 6.29 Å². The molecule has 0 radical (unpaired) electrons. The number of amides is 1. The van der Waals surface area contributed by atoms with E-state index < -0.39 is 6.29 Å². The molecule has 0 spiro atoms. The molecule has 1 amide bonds. The molecule has 0 aliphatic carbocycles. The van der Waals surface area contributed by atoms with Gasteiger partial charge in [0.1, 0.15) is 0 Å². The largest absolute Gasteiger partial charge is 0.392 e. The third kappa shape index (κ3) is 7.12. The van der Waals surface area contributed by atoms with Crippen LogP contribution in [0.25, 0.3) is 0 Å². The van der Waals surface area contributed by atoms with Crippen molar-refractivity contribution in [2.75, 3.05) is 13.6 Å². The molecule has 1 saturated heterocycles. The Balaban J connectivity index is 1.32. The molecule has 1 fully saturated rings. The van der Waals surface area contributed by atoms with Gasteiger partial charge in [-0.2, -0.15) is 0 Å². The quantitative estimate of drug-likeness (QED) is 0.246. The zero-order valence-electron chi connectivity index (χ0n) is 24.4. The Labute approximate surface area is 248 Å². The number of nitrogens with one attached hydrogen (secondary N) is 1. The lowest BCUT2D eigenvalue weighted by Gasteiger charge is -2.43. The SMILES string of the molecule is C[C@@H]1[C@H](CN(C)[C@@H](C)c2ccccc2)O[C@H](c2ccc(CNC(=O)c3cccnc3)cc2)O[C@@H]1c1ccc(CO)cc1. The lowest BCUT2D eigenvalue weighted by atomic mass is 9.89. The second-order valence-corrected chi connectivity index (χ2v) is 11.0. The Morgan fingerprint density at radius 1 is 0.929 bits per heavy atom. The highest BCUT2D eigenvalue weighted by Crippen LogP contribution is 2.42. The van der Waals surface area contributed by atoms with Crippen LogP contribution in [-0.4, -0.2) is 40.6 Å². The molecular weight excluding hydrogens is 526 g/mol. The molecule has 5 rings (SSSR count). The Morgan fingerprint density at radius 2 is 1.62 bits per heavy atom. The normalized spacial score (nSPS) is 21.2. The number of ether oxygens (including phenoxy) is 2. The molecule has 3 aromatic carbocycles. The summed E-state index contributed by atoms with van der Waals surface area (Å²) in [6, 6.07) is 30.2. The fraction of sp³-hybridized carbons (Fsp3) is 0.314. The first kappa shape index (κ1) is 29.6. The molecule has 0 saturated carbocycles. The smallest absolute Gasteiger partial charge is 0.253 e. The standard InChI is InChI=1S/C35H39N3O4/c1-24-32(22-38(3)25(2)28-8-5-4-6-9-28)41-35(42-33(24)29-15-13-27(23-39)14-16-29)30-17-11-26(12-18-30)20-37-34(40)31-10-7-19-36-21-31/h4-19,21,24-25,32-33,35,39H,20,22-23H2,1-3H3,(H,37,40)/t24-,25+,32+,33+,35+/m1/s1. The van der Waals surface area contributed by atoms with Gasteiger partial charge < -0.3 is 19.9 Å². The van der Waals surface area contributed by atoms with Crippen molar-refractivity contribution in [3.63, 3.8) is 0 Å². The second kappa shape index (κ2) is 13.9. The average Bonchev–Trinajstić information content (AvgIpc) is 3.05. The number of hydrogen-bond donors (Lipinski definition) is 2. The Morgan fingerprint density at radius 3 is 2.29 bits per heavy atom. The summed E-state index contributed by atoms with van der Waals surface area (Å²) in [7, 11) is 2.14. The Hall–Kier alpha value is -3.88. The van der Waals surface area contributed by atoms with E-state index in [0.717, 1.165) is 28.8 Å². The third-order valence-corrected chi connectivity index (χ3v) is 8.16. The minimum atomic E-state index is -0.548. The molecule has 4 aromatic rings. The maximum Gasteiger partial charge on any atom is 0.253 e. The monoisotopic (exact) mass is 565 g/mol. The molecule has 0 bridgehead atoms. The topological polar surface area (TPSA) is 83.9 Å². The molecule has 0 unspecified atom stereocenters. The van der Waals surface area contributed by atoms with E-state index in [-0.39, 0.29) is 36.7 Å². The average molecular weight is 566 g/mol. The number of benzene rings is 3. The van der Waals surface area contributed by atoms with E-state index in [1.807, 2.05) is 54.6 Å². The van der Waals surface area contributed by atoms with Crippen LogP contribution < -0.4 is 5.32 Å². The van der Waals surface area contributed by atoms with Gasteiger partial charge in [-0.25, -0.2) is 0 Å². The summed E-state index contributed by atoms with van der Waals surface area (Å²) in [5, 5.41) is 12.5. The minimum Gasteiger partial charge on any atom is -0.392 e. The maximum absolute atomic E-state index is 12.4. The van der Waals surface area contributed by atoms with E-state index in [2.05, 4.69) is 60.4 Å². The molecule has 5 atom stereocenters.